The summed E-state index contributed by atoms with van der Waals surface area (Å²) in [5, 5.41) is 9.58. The van der Waals surface area contributed by atoms with Gasteiger partial charge in [0, 0.05) is 31.0 Å². The van der Waals surface area contributed by atoms with Crippen molar-refractivity contribution in [2.45, 2.75) is 38.9 Å². The standard InChI is InChI=1S/C18H27NO2S/c1-3-18(14-20)9-11-19(12-10-18)17(21)16-7-5-15(6-8-16)13-22-4-2/h5-8,20H,3-4,9-14H2,1-2H3. The first-order valence-electron chi connectivity index (χ1n) is 8.21. The number of benzene rings is 1. The lowest BCUT2D eigenvalue weighted by molar-refractivity contribution is 0.0338. The highest BCUT2D eigenvalue weighted by Gasteiger charge is 2.34. The average Bonchev–Trinajstić information content (AvgIpc) is 2.60. The Morgan fingerprint density at radius 3 is 2.36 bits per heavy atom. The smallest absolute Gasteiger partial charge is 0.253 e. The monoisotopic (exact) mass is 321 g/mol. The molecule has 1 aliphatic rings. The van der Waals surface area contributed by atoms with Crippen molar-refractivity contribution in [2.24, 2.45) is 5.41 Å². The summed E-state index contributed by atoms with van der Waals surface area (Å²) in [6.07, 6.45) is 2.78. The Morgan fingerprint density at radius 2 is 1.86 bits per heavy atom. The van der Waals surface area contributed by atoms with Gasteiger partial charge in [0.1, 0.15) is 0 Å². The van der Waals surface area contributed by atoms with Crippen molar-refractivity contribution in [3.63, 3.8) is 0 Å². The van der Waals surface area contributed by atoms with E-state index in [1.54, 1.807) is 0 Å². The third kappa shape index (κ3) is 4.05. The molecule has 1 saturated heterocycles. The number of hydrogen-bond acceptors (Lipinski definition) is 3. The molecule has 1 N–H and O–H groups in total. The van der Waals surface area contributed by atoms with Crippen molar-refractivity contribution < 1.29 is 9.90 Å². The molecule has 1 heterocycles. The molecular weight excluding hydrogens is 294 g/mol. The minimum Gasteiger partial charge on any atom is -0.396 e. The van der Waals surface area contributed by atoms with Crippen LogP contribution in [0.25, 0.3) is 0 Å². The summed E-state index contributed by atoms with van der Waals surface area (Å²) < 4.78 is 0. The molecule has 0 bridgehead atoms. The van der Waals surface area contributed by atoms with Crippen LogP contribution in [0.1, 0.15) is 49.0 Å². The minimum atomic E-state index is 0.0258. The summed E-state index contributed by atoms with van der Waals surface area (Å²) in [4.78, 5) is 14.5. The second-order valence-electron chi connectivity index (χ2n) is 6.14. The van der Waals surface area contributed by atoms with E-state index in [9.17, 15) is 9.90 Å². The van der Waals surface area contributed by atoms with Crippen LogP contribution in [0.3, 0.4) is 0 Å². The number of carbonyl (C=O) groups is 1. The first kappa shape index (κ1) is 17.4. The number of hydrogen-bond donors (Lipinski definition) is 1. The van der Waals surface area contributed by atoms with Crippen molar-refractivity contribution in [1.82, 2.24) is 4.90 Å². The first-order chi connectivity index (χ1) is 10.6. The van der Waals surface area contributed by atoms with Crippen LogP contribution in [0.2, 0.25) is 0 Å². The highest BCUT2D eigenvalue weighted by atomic mass is 32.2. The van der Waals surface area contributed by atoms with Crippen LogP contribution in [0, 0.1) is 5.41 Å². The second kappa shape index (κ2) is 8.02. The molecule has 0 aliphatic carbocycles. The average molecular weight is 321 g/mol. The minimum absolute atomic E-state index is 0.0258. The fourth-order valence-electron chi connectivity index (χ4n) is 2.95. The van der Waals surface area contributed by atoms with Crippen molar-refractivity contribution in [1.29, 1.82) is 0 Å². The zero-order valence-corrected chi connectivity index (χ0v) is 14.5. The van der Waals surface area contributed by atoms with Crippen molar-refractivity contribution >= 4 is 17.7 Å². The maximum Gasteiger partial charge on any atom is 0.253 e. The van der Waals surface area contributed by atoms with E-state index in [2.05, 4.69) is 26.0 Å². The van der Waals surface area contributed by atoms with Gasteiger partial charge in [0.05, 0.1) is 0 Å². The number of aliphatic hydroxyl groups is 1. The summed E-state index contributed by atoms with van der Waals surface area (Å²) >= 11 is 1.89. The maximum atomic E-state index is 12.6. The Hall–Kier alpha value is -1.00. The number of aliphatic hydroxyl groups excluding tert-OH is 1. The molecule has 2 rings (SSSR count). The number of thioether (sulfide) groups is 1. The Kier molecular flexibility index (Phi) is 6.33. The molecule has 0 unspecified atom stereocenters. The first-order valence-corrected chi connectivity index (χ1v) is 9.36. The lowest BCUT2D eigenvalue weighted by Gasteiger charge is -2.40. The van der Waals surface area contributed by atoms with Crippen molar-refractivity contribution in [3.8, 4) is 0 Å². The van der Waals surface area contributed by atoms with E-state index in [0.29, 0.717) is 0 Å². The molecule has 1 aliphatic heterocycles. The lowest BCUT2D eigenvalue weighted by atomic mass is 9.77. The fourth-order valence-corrected chi connectivity index (χ4v) is 3.59. The molecule has 122 valence electrons. The van der Waals surface area contributed by atoms with Gasteiger partial charge in [-0.15, -0.1) is 0 Å². The lowest BCUT2D eigenvalue weighted by Crippen LogP contribution is -2.44. The van der Waals surface area contributed by atoms with Gasteiger partial charge in [0.15, 0.2) is 0 Å². The number of piperidine rings is 1. The van der Waals surface area contributed by atoms with E-state index >= 15 is 0 Å². The van der Waals surface area contributed by atoms with Crippen LogP contribution >= 0.6 is 11.8 Å². The molecular formula is C18H27NO2S. The number of likely N-dealkylation sites (tertiary alicyclic amines) is 1. The molecule has 22 heavy (non-hydrogen) atoms. The van der Waals surface area contributed by atoms with E-state index in [1.807, 2.05) is 28.8 Å². The summed E-state index contributed by atoms with van der Waals surface area (Å²) in [6, 6.07) is 8.01. The molecule has 0 atom stereocenters. The Labute approximate surface area is 138 Å². The number of rotatable bonds is 6. The third-order valence-electron chi connectivity index (χ3n) is 4.87. The van der Waals surface area contributed by atoms with E-state index in [1.165, 1.54) is 5.56 Å². The van der Waals surface area contributed by atoms with Crippen molar-refractivity contribution in [3.05, 3.63) is 35.4 Å². The molecule has 0 aromatic heterocycles. The zero-order chi connectivity index (χ0) is 16.0. The number of amides is 1. The summed E-state index contributed by atoms with van der Waals surface area (Å²) in [6.45, 7) is 6.01. The SMILES string of the molecule is CCSCc1ccc(C(=O)N2CCC(CC)(CO)CC2)cc1. The van der Waals surface area contributed by atoms with Gasteiger partial charge in [-0.2, -0.15) is 11.8 Å². The Bertz CT molecular complexity index is 472. The largest absolute Gasteiger partial charge is 0.396 e. The molecule has 0 radical (unpaired) electrons. The molecule has 4 heteroatoms. The topological polar surface area (TPSA) is 40.5 Å². The molecule has 1 aromatic carbocycles. The van der Waals surface area contributed by atoms with Gasteiger partial charge >= 0.3 is 0 Å². The molecule has 0 spiro atoms. The summed E-state index contributed by atoms with van der Waals surface area (Å²) in [5.41, 5.74) is 2.07. The molecule has 0 saturated carbocycles. The van der Waals surface area contributed by atoms with Crippen LogP contribution in [0.5, 0.6) is 0 Å². The fraction of sp³-hybridized carbons (Fsp3) is 0.611. The van der Waals surface area contributed by atoms with E-state index in [4.69, 9.17) is 0 Å². The molecule has 3 nitrogen and oxygen atoms in total. The van der Waals surface area contributed by atoms with E-state index < -0.39 is 0 Å². The predicted molar refractivity (Wildman–Crippen MR) is 93.2 cm³/mol. The van der Waals surface area contributed by atoms with Crippen LogP contribution < -0.4 is 0 Å². The van der Waals surface area contributed by atoms with Gasteiger partial charge in [0.25, 0.3) is 5.91 Å². The van der Waals surface area contributed by atoms with Crippen LogP contribution in [-0.4, -0.2) is 41.4 Å². The second-order valence-corrected chi connectivity index (χ2v) is 7.41. The van der Waals surface area contributed by atoms with Crippen LogP contribution in [0.4, 0.5) is 0 Å². The summed E-state index contributed by atoms with van der Waals surface area (Å²) in [5.74, 6) is 2.24. The highest BCUT2D eigenvalue weighted by Crippen LogP contribution is 2.34. The number of nitrogens with zero attached hydrogens (tertiary/aromatic N) is 1. The van der Waals surface area contributed by atoms with Gasteiger partial charge in [-0.05, 0) is 48.1 Å². The third-order valence-corrected chi connectivity index (χ3v) is 5.82. The normalized spacial score (nSPS) is 17.5. The van der Waals surface area contributed by atoms with Gasteiger partial charge in [-0.1, -0.05) is 26.0 Å². The van der Waals surface area contributed by atoms with E-state index in [0.717, 1.165) is 49.4 Å². The van der Waals surface area contributed by atoms with Gasteiger partial charge in [-0.3, -0.25) is 4.79 Å². The van der Waals surface area contributed by atoms with Gasteiger partial charge in [0.2, 0.25) is 0 Å². The maximum absolute atomic E-state index is 12.6. The number of carbonyl (C=O) groups excluding carboxylic acids is 1. The molecule has 1 fully saturated rings. The Morgan fingerprint density at radius 1 is 1.23 bits per heavy atom. The molecule has 1 amide bonds. The quantitative estimate of drug-likeness (QED) is 0.871. The Balaban J connectivity index is 1.95. The van der Waals surface area contributed by atoms with Gasteiger partial charge in [-0.25, -0.2) is 0 Å². The summed E-state index contributed by atoms with van der Waals surface area (Å²) in [7, 11) is 0. The predicted octanol–water partition coefficient (Wildman–Crippen LogP) is 3.56. The van der Waals surface area contributed by atoms with Crippen molar-refractivity contribution in [2.75, 3.05) is 25.4 Å². The van der Waals surface area contributed by atoms with E-state index in [-0.39, 0.29) is 17.9 Å². The van der Waals surface area contributed by atoms with Gasteiger partial charge < -0.3 is 10.0 Å². The zero-order valence-electron chi connectivity index (χ0n) is 13.7. The van der Waals surface area contributed by atoms with Crippen LogP contribution in [-0.2, 0) is 5.75 Å². The molecule has 1 aromatic rings. The highest BCUT2D eigenvalue weighted by molar-refractivity contribution is 7.98. The van der Waals surface area contributed by atoms with Crippen LogP contribution in [0.15, 0.2) is 24.3 Å².